The van der Waals surface area contributed by atoms with E-state index in [1.807, 2.05) is 24.3 Å². The molecule has 0 aliphatic heterocycles. The standard InChI is InChI=1S/C12H15N5O2/c1-13-12(18)14-7-9-8-17(16-15-9)10-3-5-11(19-2)6-4-10/h3-6,8H,7H2,1-2H3,(H2,13,14,18). The third-order valence-corrected chi connectivity index (χ3v) is 2.53. The van der Waals surface area contributed by atoms with Crippen LogP contribution in [0, 0.1) is 0 Å². The molecule has 0 bridgehead atoms. The van der Waals surface area contributed by atoms with Crippen LogP contribution in [0.25, 0.3) is 5.69 Å². The van der Waals surface area contributed by atoms with E-state index < -0.39 is 0 Å². The number of benzene rings is 1. The van der Waals surface area contributed by atoms with Gasteiger partial charge in [0, 0.05) is 7.05 Å². The summed E-state index contributed by atoms with van der Waals surface area (Å²) in [5.74, 6) is 0.783. The summed E-state index contributed by atoms with van der Waals surface area (Å²) in [6, 6.07) is 7.20. The Hall–Kier alpha value is -2.57. The van der Waals surface area contributed by atoms with Crippen LogP contribution < -0.4 is 15.4 Å². The van der Waals surface area contributed by atoms with Gasteiger partial charge < -0.3 is 15.4 Å². The van der Waals surface area contributed by atoms with E-state index in [0.29, 0.717) is 12.2 Å². The highest BCUT2D eigenvalue weighted by atomic mass is 16.5. The van der Waals surface area contributed by atoms with Crippen LogP contribution in [-0.2, 0) is 6.54 Å². The largest absolute Gasteiger partial charge is 0.497 e. The van der Waals surface area contributed by atoms with Crippen molar-refractivity contribution in [2.75, 3.05) is 14.2 Å². The molecule has 7 heteroatoms. The number of urea groups is 1. The van der Waals surface area contributed by atoms with Gasteiger partial charge in [0.05, 0.1) is 25.5 Å². The Bertz CT molecular complexity index is 550. The van der Waals surface area contributed by atoms with Crippen LogP contribution in [0.1, 0.15) is 5.69 Å². The SMILES string of the molecule is CNC(=O)NCc1cn(-c2ccc(OC)cc2)nn1. The Morgan fingerprint density at radius 2 is 2.11 bits per heavy atom. The maximum Gasteiger partial charge on any atom is 0.314 e. The van der Waals surface area contributed by atoms with E-state index in [4.69, 9.17) is 4.74 Å². The van der Waals surface area contributed by atoms with Gasteiger partial charge in [0.1, 0.15) is 11.4 Å². The van der Waals surface area contributed by atoms with Gasteiger partial charge in [0.15, 0.2) is 0 Å². The van der Waals surface area contributed by atoms with Crippen LogP contribution in [0.3, 0.4) is 0 Å². The lowest BCUT2D eigenvalue weighted by atomic mass is 10.3. The first-order chi connectivity index (χ1) is 9.22. The molecule has 1 aromatic carbocycles. The Kier molecular flexibility index (Phi) is 3.97. The third-order valence-electron chi connectivity index (χ3n) is 2.53. The topological polar surface area (TPSA) is 81.1 Å². The van der Waals surface area contributed by atoms with Gasteiger partial charge in [-0.2, -0.15) is 0 Å². The number of nitrogens with zero attached hydrogens (tertiary/aromatic N) is 3. The number of hydrogen-bond acceptors (Lipinski definition) is 4. The number of methoxy groups -OCH3 is 1. The molecule has 2 amide bonds. The predicted octanol–water partition coefficient (Wildman–Crippen LogP) is 0.705. The van der Waals surface area contributed by atoms with Gasteiger partial charge in [-0.1, -0.05) is 5.21 Å². The maximum absolute atomic E-state index is 11.0. The molecule has 1 aromatic heterocycles. The quantitative estimate of drug-likeness (QED) is 0.849. The molecule has 0 atom stereocenters. The molecule has 0 aliphatic rings. The van der Waals surface area contributed by atoms with E-state index in [9.17, 15) is 4.79 Å². The summed E-state index contributed by atoms with van der Waals surface area (Å²) in [7, 11) is 3.18. The van der Waals surface area contributed by atoms with Crippen molar-refractivity contribution in [3.05, 3.63) is 36.2 Å². The molecule has 0 radical (unpaired) electrons. The second kappa shape index (κ2) is 5.85. The molecule has 0 aliphatic carbocycles. The van der Waals surface area contributed by atoms with Gasteiger partial charge in [0.2, 0.25) is 0 Å². The first-order valence-electron chi connectivity index (χ1n) is 5.74. The predicted molar refractivity (Wildman–Crippen MR) is 69.2 cm³/mol. The average molecular weight is 261 g/mol. The summed E-state index contributed by atoms with van der Waals surface area (Å²) < 4.78 is 6.73. The van der Waals surface area contributed by atoms with Crippen molar-refractivity contribution in [3.63, 3.8) is 0 Å². The number of aromatic nitrogens is 3. The van der Waals surface area contributed by atoms with E-state index >= 15 is 0 Å². The molecule has 100 valence electrons. The summed E-state index contributed by atoms with van der Waals surface area (Å²) in [6.07, 6.45) is 1.76. The lowest BCUT2D eigenvalue weighted by Gasteiger charge is -2.02. The molecular formula is C12H15N5O2. The lowest BCUT2D eigenvalue weighted by Crippen LogP contribution is -2.32. The van der Waals surface area contributed by atoms with E-state index in [1.165, 1.54) is 0 Å². The molecule has 2 rings (SSSR count). The molecule has 0 spiro atoms. The van der Waals surface area contributed by atoms with Crippen LogP contribution >= 0.6 is 0 Å². The second-order valence-corrected chi connectivity index (χ2v) is 3.79. The number of ether oxygens (including phenoxy) is 1. The summed E-state index contributed by atoms with van der Waals surface area (Å²) in [5.41, 5.74) is 1.55. The zero-order valence-corrected chi connectivity index (χ0v) is 10.8. The zero-order valence-electron chi connectivity index (χ0n) is 10.8. The monoisotopic (exact) mass is 261 g/mol. The molecule has 19 heavy (non-hydrogen) atoms. The van der Waals surface area contributed by atoms with Crippen LogP contribution in [-0.4, -0.2) is 35.2 Å². The van der Waals surface area contributed by atoms with Gasteiger partial charge >= 0.3 is 6.03 Å². The highest BCUT2D eigenvalue weighted by molar-refractivity contribution is 5.73. The number of carbonyl (C=O) groups is 1. The minimum atomic E-state index is -0.251. The number of rotatable bonds is 4. The van der Waals surface area contributed by atoms with Crippen molar-refractivity contribution in [2.24, 2.45) is 0 Å². The van der Waals surface area contributed by atoms with Gasteiger partial charge in [-0.15, -0.1) is 5.10 Å². The molecule has 7 nitrogen and oxygen atoms in total. The molecule has 2 N–H and O–H groups in total. The third kappa shape index (κ3) is 3.21. The highest BCUT2D eigenvalue weighted by Gasteiger charge is 2.04. The molecule has 2 aromatic rings. The smallest absolute Gasteiger partial charge is 0.314 e. The summed E-state index contributed by atoms with van der Waals surface area (Å²) in [5, 5.41) is 13.1. The van der Waals surface area contributed by atoms with Gasteiger partial charge in [-0.05, 0) is 24.3 Å². The minimum absolute atomic E-state index is 0.251. The fourth-order valence-corrected chi connectivity index (χ4v) is 1.50. The molecule has 0 fully saturated rings. The van der Waals surface area contributed by atoms with Crippen molar-refractivity contribution >= 4 is 6.03 Å². The molecular weight excluding hydrogens is 246 g/mol. The van der Waals surface area contributed by atoms with Crippen LogP contribution in [0.4, 0.5) is 4.79 Å². The van der Waals surface area contributed by atoms with Crippen molar-refractivity contribution in [1.82, 2.24) is 25.6 Å². The Balaban J connectivity index is 2.05. The van der Waals surface area contributed by atoms with Crippen LogP contribution in [0.5, 0.6) is 5.75 Å². The number of amides is 2. The minimum Gasteiger partial charge on any atom is -0.497 e. The first kappa shape index (κ1) is 12.9. The highest BCUT2D eigenvalue weighted by Crippen LogP contribution is 2.14. The van der Waals surface area contributed by atoms with Crippen molar-refractivity contribution in [3.8, 4) is 11.4 Å². The second-order valence-electron chi connectivity index (χ2n) is 3.79. The van der Waals surface area contributed by atoms with Gasteiger partial charge in [0.25, 0.3) is 0 Å². The maximum atomic E-state index is 11.0. The van der Waals surface area contributed by atoms with Crippen molar-refractivity contribution in [2.45, 2.75) is 6.54 Å². The van der Waals surface area contributed by atoms with Crippen molar-refractivity contribution in [1.29, 1.82) is 0 Å². The van der Waals surface area contributed by atoms with Crippen LogP contribution in [0.2, 0.25) is 0 Å². The van der Waals surface area contributed by atoms with E-state index in [1.54, 1.807) is 25.0 Å². The number of hydrogen-bond donors (Lipinski definition) is 2. The normalized spacial score (nSPS) is 10.0. The number of nitrogens with one attached hydrogen (secondary N) is 2. The zero-order chi connectivity index (χ0) is 13.7. The first-order valence-corrected chi connectivity index (χ1v) is 5.74. The molecule has 1 heterocycles. The summed E-state index contributed by atoms with van der Waals surface area (Å²) >= 11 is 0. The Morgan fingerprint density at radius 1 is 1.37 bits per heavy atom. The van der Waals surface area contributed by atoms with E-state index in [-0.39, 0.29) is 6.03 Å². The van der Waals surface area contributed by atoms with E-state index in [0.717, 1.165) is 11.4 Å². The van der Waals surface area contributed by atoms with Crippen molar-refractivity contribution < 1.29 is 9.53 Å². The van der Waals surface area contributed by atoms with Gasteiger partial charge in [-0.25, -0.2) is 9.48 Å². The summed E-state index contributed by atoms with van der Waals surface area (Å²) in [6.45, 7) is 0.329. The Morgan fingerprint density at radius 3 is 2.74 bits per heavy atom. The van der Waals surface area contributed by atoms with Gasteiger partial charge in [-0.3, -0.25) is 0 Å². The fourth-order valence-electron chi connectivity index (χ4n) is 1.50. The average Bonchev–Trinajstić information content (AvgIpc) is 2.93. The molecule has 0 unspecified atom stereocenters. The summed E-state index contributed by atoms with van der Waals surface area (Å²) in [4.78, 5) is 11.0. The Labute approximate surface area is 110 Å². The van der Waals surface area contributed by atoms with E-state index in [2.05, 4.69) is 20.9 Å². The molecule has 0 saturated heterocycles. The lowest BCUT2D eigenvalue weighted by molar-refractivity contribution is 0.242. The fraction of sp³-hybridized carbons (Fsp3) is 0.250. The van der Waals surface area contributed by atoms with Crippen LogP contribution in [0.15, 0.2) is 30.5 Å². The molecule has 0 saturated carbocycles. The number of carbonyl (C=O) groups excluding carboxylic acids is 1.